The van der Waals surface area contributed by atoms with Gasteiger partial charge in [-0.05, 0) is 31.7 Å². The molecule has 4 nitrogen and oxygen atoms in total. The van der Waals surface area contributed by atoms with E-state index in [9.17, 15) is 4.79 Å². The van der Waals surface area contributed by atoms with E-state index in [-0.39, 0.29) is 17.4 Å². The van der Waals surface area contributed by atoms with Crippen LogP contribution in [0.5, 0.6) is 0 Å². The van der Waals surface area contributed by atoms with Gasteiger partial charge in [-0.15, -0.1) is 0 Å². The molecule has 1 saturated heterocycles. The zero-order chi connectivity index (χ0) is 16.4. The number of hydrogen-bond donors (Lipinski definition) is 0. The highest BCUT2D eigenvalue weighted by atomic mass is 16.5. The molecule has 23 heavy (non-hydrogen) atoms. The van der Waals surface area contributed by atoms with Crippen molar-refractivity contribution in [2.45, 2.75) is 51.5 Å². The van der Waals surface area contributed by atoms with Crippen LogP contribution in [-0.2, 0) is 6.42 Å². The molecule has 0 spiro atoms. The van der Waals surface area contributed by atoms with Crippen LogP contribution >= 0.6 is 0 Å². The third-order valence-corrected chi connectivity index (χ3v) is 4.74. The van der Waals surface area contributed by atoms with Crippen molar-refractivity contribution in [2.24, 2.45) is 0 Å². The summed E-state index contributed by atoms with van der Waals surface area (Å²) in [5.41, 5.74) is 1.53. The Balaban J connectivity index is 1.81. The van der Waals surface area contributed by atoms with Crippen molar-refractivity contribution < 1.29 is 9.32 Å². The van der Waals surface area contributed by atoms with Gasteiger partial charge in [-0.2, -0.15) is 0 Å². The van der Waals surface area contributed by atoms with Gasteiger partial charge in [-0.3, -0.25) is 4.79 Å². The van der Waals surface area contributed by atoms with Crippen molar-refractivity contribution in [2.75, 3.05) is 6.54 Å². The average molecular weight is 312 g/mol. The van der Waals surface area contributed by atoms with Crippen LogP contribution in [0.2, 0.25) is 0 Å². The van der Waals surface area contributed by atoms with E-state index in [1.54, 1.807) is 6.07 Å². The van der Waals surface area contributed by atoms with Crippen molar-refractivity contribution in [3.63, 3.8) is 0 Å². The van der Waals surface area contributed by atoms with E-state index in [1.807, 2.05) is 36.9 Å². The lowest BCUT2D eigenvalue weighted by molar-refractivity contribution is 0.0613. The van der Waals surface area contributed by atoms with Gasteiger partial charge in [-0.25, -0.2) is 0 Å². The Hall–Kier alpha value is -2.10. The summed E-state index contributed by atoms with van der Waals surface area (Å²) in [4.78, 5) is 14.9. The molecule has 1 aromatic carbocycles. The minimum atomic E-state index is -0.157. The van der Waals surface area contributed by atoms with E-state index >= 15 is 0 Å². The van der Waals surface area contributed by atoms with Crippen LogP contribution < -0.4 is 0 Å². The maximum atomic E-state index is 12.9. The predicted octanol–water partition coefficient (Wildman–Crippen LogP) is 4.04. The number of likely N-dealkylation sites (tertiary alicyclic amines) is 1. The zero-order valence-electron chi connectivity index (χ0n) is 14.1. The number of aromatic nitrogens is 1. The van der Waals surface area contributed by atoms with E-state index in [1.165, 1.54) is 5.56 Å². The molecule has 1 fully saturated rings. The lowest BCUT2D eigenvalue weighted by Crippen LogP contribution is -2.46. The smallest absolute Gasteiger partial charge is 0.276 e. The molecule has 1 amide bonds. The van der Waals surface area contributed by atoms with Crippen molar-refractivity contribution in [1.82, 2.24) is 10.1 Å². The molecule has 4 heteroatoms. The molecule has 0 saturated carbocycles. The van der Waals surface area contributed by atoms with Gasteiger partial charge >= 0.3 is 0 Å². The number of nitrogens with zero attached hydrogens (tertiary/aromatic N) is 2. The monoisotopic (exact) mass is 312 g/mol. The summed E-state index contributed by atoms with van der Waals surface area (Å²) in [6.07, 6.45) is 2.92. The summed E-state index contributed by atoms with van der Waals surface area (Å²) in [5, 5.41) is 3.99. The minimum absolute atomic E-state index is 0.0171. The highest BCUT2D eigenvalue weighted by Gasteiger charge is 2.40. The normalized spacial score (nSPS) is 21.1. The number of benzene rings is 1. The summed E-state index contributed by atoms with van der Waals surface area (Å²) in [6, 6.07) is 12.2. The van der Waals surface area contributed by atoms with E-state index in [0.29, 0.717) is 5.69 Å². The number of carbonyl (C=O) groups excluding carboxylic acids is 1. The first-order valence-corrected chi connectivity index (χ1v) is 8.32. The minimum Gasteiger partial charge on any atom is -0.360 e. The Morgan fingerprint density at radius 3 is 2.74 bits per heavy atom. The molecule has 0 N–H and O–H groups in total. The first-order valence-electron chi connectivity index (χ1n) is 8.32. The van der Waals surface area contributed by atoms with Crippen LogP contribution in [0, 0.1) is 0 Å². The van der Waals surface area contributed by atoms with Crippen LogP contribution in [0.4, 0.5) is 0 Å². The second-order valence-corrected chi connectivity index (χ2v) is 6.99. The molecule has 1 aliphatic heterocycles. The van der Waals surface area contributed by atoms with Crippen LogP contribution in [0.3, 0.4) is 0 Å². The molecule has 0 unspecified atom stereocenters. The highest BCUT2D eigenvalue weighted by molar-refractivity contribution is 5.93. The summed E-state index contributed by atoms with van der Waals surface area (Å²) >= 11 is 0. The van der Waals surface area contributed by atoms with Crippen LogP contribution in [0.1, 0.15) is 61.3 Å². The van der Waals surface area contributed by atoms with E-state index in [4.69, 9.17) is 4.52 Å². The molecular formula is C19H24N2O2. The summed E-state index contributed by atoms with van der Waals surface area (Å²) in [5.74, 6) is 0.979. The summed E-state index contributed by atoms with van der Waals surface area (Å²) < 4.78 is 5.30. The van der Waals surface area contributed by atoms with E-state index < -0.39 is 0 Å². The Labute approximate surface area is 137 Å². The second-order valence-electron chi connectivity index (χ2n) is 6.99. The lowest BCUT2D eigenvalue weighted by Gasteiger charge is -2.35. The van der Waals surface area contributed by atoms with Crippen molar-refractivity contribution in [3.8, 4) is 0 Å². The highest BCUT2D eigenvalue weighted by Crippen LogP contribution is 2.33. The SMILES string of the molecule is CC(C)c1cc(C(=O)N2CCC[C@@]2(C)Cc2ccccc2)no1. The van der Waals surface area contributed by atoms with Gasteiger partial charge in [0, 0.05) is 24.1 Å². The fraction of sp³-hybridized carbons (Fsp3) is 0.474. The van der Waals surface area contributed by atoms with Gasteiger partial charge < -0.3 is 9.42 Å². The molecule has 2 heterocycles. The summed E-state index contributed by atoms with van der Waals surface area (Å²) in [7, 11) is 0. The lowest BCUT2D eigenvalue weighted by atomic mass is 9.90. The molecule has 1 aliphatic rings. The zero-order valence-corrected chi connectivity index (χ0v) is 14.1. The maximum absolute atomic E-state index is 12.9. The van der Waals surface area contributed by atoms with Gasteiger partial charge in [0.25, 0.3) is 5.91 Å². The van der Waals surface area contributed by atoms with Gasteiger partial charge in [0.15, 0.2) is 5.69 Å². The average Bonchev–Trinajstić information content (AvgIpc) is 3.15. The molecule has 122 valence electrons. The Kier molecular flexibility index (Phi) is 4.24. The first-order chi connectivity index (χ1) is 11.0. The molecular weight excluding hydrogens is 288 g/mol. The standard InChI is InChI=1S/C19H24N2O2/c1-14(2)17-12-16(20-23-17)18(22)21-11-7-10-19(21,3)13-15-8-5-4-6-9-15/h4-6,8-9,12,14H,7,10-11,13H2,1-3H3/t19-/m0/s1. The van der Waals surface area contributed by atoms with Gasteiger partial charge in [0.2, 0.25) is 0 Å². The third-order valence-electron chi connectivity index (χ3n) is 4.74. The largest absolute Gasteiger partial charge is 0.360 e. The van der Waals surface area contributed by atoms with E-state index in [0.717, 1.165) is 31.6 Å². The van der Waals surface area contributed by atoms with Gasteiger partial charge in [0.1, 0.15) is 5.76 Å². The van der Waals surface area contributed by atoms with Gasteiger partial charge in [0.05, 0.1) is 0 Å². The maximum Gasteiger partial charge on any atom is 0.276 e. The molecule has 2 aromatic rings. The van der Waals surface area contributed by atoms with Crippen LogP contribution in [0.25, 0.3) is 0 Å². The Morgan fingerprint density at radius 2 is 2.09 bits per heavy atom. The molecule has 0 aliphatic carbocycles. The van der Waals surface area contributed by atoms with Crippen LogP contribution in [0.15, 0.2) is 40.9 Å². The van der Waals surface area contributed by atoms with Crippen molar-refractivity contribution >= 4 is 5.91 Å². The molecule has 3 rings (SSSR count). The van der Waals surface area contributed by atoms with E-state index in [2.05, 4.69) is 24.2 Å². The number of amides is 1. The first kappa shape index (κ1) is 15.8. The molecule has 1 atom stereocenters. The predicted molar refractivity (Wildman–Crippen MR) is 89.4 cm³/mol. The van der Waals surface area contributed by atoms with Crippen molar-refractivity contribution in [3.05, 3.63) is 53.4 Å². The fourth-order valence-electron chi connectivity index (χ4n) is 3.39. The molecule has 1 aromatic heterocycles. The second kappa shape index (κ2) is 6.19. The number of carbonyl (C=O) groups is 1. The Bertz CT molecular complexity index is 678. The van der Waals surface area contributed by atoms with Crippen molar-refractivity contribution in [1.29, 1.82) is 0 Å². The third kappa shape index (κ3) is 3.16. The molecule has 0 bridgehead atoms. The number of hydrogen-bond acceptors (Lipinski definition) is 3. The fourth-order valence-corrected chi connectivity index (χ4v) is 3.39. The quantitative estimate of drug-likeness (QED) is 0.856. The molecule has 0 radical (unpaired) electrons. The van der Waals surface area contributed by atoms with Gasteiger partial charge in [-0.1, -0.05) is 49.3 Å². The summed E-state index contributed by atoms with van der Waals surface area (Å²) in [6.45, 7) is 7.02. The topological polar surface area (TPSA) is 46.3 Å². The number of rotatable bonds is 4. The van der Waals surface area contributed by atoms with Crippen LogP contribution in [-0.4, -0.2) is 28.0 Å². The Morgan fingerprint density at radius 1 is 1.35 bits per heavy atom.